The van der Waals surface area contributed by atoms with Crippen molar-refractivity contribution in [3.8, 4) is 0 Å². The van der Waals surface area contributed by atoms with Gasteiger partial charge in [-0.25, -0.2) is 4.79 Å². The fraction of sp³-hybridized carbons (Fsp3) is 0.400. The van der Waals surface area contributed by atoms with E-state index in [1.807, 2.05) is 13.0 Å². The SMILES string of the molecule is CCOC(=O)/C=C/c1c(C)c2ccc(Cl)c(Cl)c2n1CC(=O)OC(C)(C)C. The Balaban J connectivity index is 2.59. The van der Waals surface area contributed by atoms with Crippen molar-refractivity contribution in [1.82, 2.24) is 4.57 Å². The maximum Gasteiger partial charge on any atom is 0.330 e. The Morgan fingerprint density at radius 2 is 1.89 bits per heavy atom. The number of ether oxygens (including phenoxy) is 2. The fourth-order valence-corrected chi connectivity index (χ4v) is 3.21. The highest BCUT2D eigenvalue weighted by atomic mass is 35.5. The predicted octanol–water partition coefficient (Wildman–Crippen LogP) is 5.17. The number of carbonyl (C=O) groups is 2. The van der Waals surface area contributed by atoms with Crippen molar-refractivity contribution in [3.05, 3.63) is 39.5 Å². The van der Waals surface area contributed by atoms with Crippen LogP contribution in [0.25, 0.3) is 17.0 Å². The summed E-state index contributed by atoms with van der Waals surface area (Å²) in [4.78, 5) is 24.2. The molecule has 0 radical (unpaired) electrons. The van der Waals surface area contributed by atoms with Crippen LogP contribution in [0.15, 0.2) is 18.2 Å². The summed E-state index contributed by atoms with van der Waals surface area (Å²) in [6.07, 6.45) is 2.94. The van der Waals surface area contributed by atoms with E-state index >= 15 is 0 Å². The van der Waals surface area contributed by atoms with E-state index in [1.54, 1.807) is 44.4 Å². The van der Waals surface area contributed by atoms with Gasteiger partial charge in [0, 0.05) is 17.2 Å². The molecule has 0 saturated heterocycles. The highest BCUT2D eigenvalue weighted by Crippen LogP contribution is 2.36. The van der Waals surface area contributed by atoms with E-state index in [1.165, 1.54) is 6.08 Å². The quantitative estimate of drug-likeness (QED) is 0.502. The molecule has 0 aliphatic carbocycles. The normalized spacial score (nSPS) is 12.0. The Labute approximate surface area is 168 Å². The molecule has 0 aliphatic rings. The zero-order valence-electron chi connectivity index (χ0n) is 16.1. The number of halogens is 2. The molecule has 5 nitrogen and oxygen atoms in total. The van der Waals surface area contributed by atoms with E-state index in [2.05, 4.69) is 0 Å². The molecule has 0 spiro atoms. The molecular formula is C20H23Cl2NO4. The predicted molar refractivity (Wildman–Crippen MR) is 108 cm³/mol. The van der Waals surface area contributed by atoms with Gasteiger partial charge in [-0.3, -0.25) is 4.79 Å². The van der Waals surface area contributed by atoms with Crippen LogP contribution in [-0.2, 0) is 25.6 Å². The van der Waals surface area contributed by atoms with E-state index in [0.717, 1.165) is 10.9 Å². The largest absolute Gasteiger partial charge is 0.463 e. The first-order valence-electron chi connectivity index (χ1n) is 8.58. The van der Waals surface area contributed by atoms with Gasteiger partial charge in [-0.1, -0.05) is 29.3 Å². The maximum absolute atomic E-state index is 12.4. The average molecular weight is 412 g/mol. The van der Waals surface area contributed by atoms with Crippen molar-refractivity contribution >= 4 is 52.1 Å². The van der Waals surface area contributed by atoms with Gasteiger partial charge in [0.2, 0.25) is 0 Å². The van der Waals surface area contributed by atoms with Gasteiger partial charge in [-0.05, 0) is 52.3 Å². The number of benzene rings is 1. The number of aromatic nitrogens is 1. The van der Waals surface area contributed by atoms with Crippen LogP contribution in [0.5, 0.6) is 0 Å². The van der Waals surface area contributed by atoms with Crippen LogP contribution in [0.3, 0.4) is 0 Å². The van der Waals surface area contributed by atoms with Gasteiger partial charge in [0.15, 0.2) is 0 Å². The van der Waals surface area contributed by atoms with E-state index in [-0.39, 0.29) is 13.2 Å². The standard InChI is InChI=1S/C20H23Cl2NO4/c1-6-26-16(24)10-9-15-12(2)13-7-8-14(21)18(22)19(13)23(15)11-17(25)27-20(3,4)5/h7-10H,6,11H2,1-5H3/b10-9+. The summed E-state index contributed by atoms with van der Waals surface area (Å²) in [5, 5.41) is 1.57. The summed E-state index contributed by atoms with van der Waals surface area (Å²) in [6, 6.07) is 3.54. The fourth-order valence-electron chi connectivity index (χ4n) is 2.79. The van der Waals surface area contributed by atoms with Crippen molar-refractivity contribution < 1.29 is 19.1 Å². The molecule has 2 aromatic rings. The number of aryl methyl sites for hydroxylation is 1. The van der Waals surface area contributed by atoms with Crippen LogP contribution in [0, 0.1) is 6.92 Å². The third-order valence-corrected chi connectivity index (χ3v) is 4.58. The molecule has 0 fully saturated rings. The number of hydrogen-bond donors (Lipinski definition) is 0. The molecule has 1 heterocycles. The Morgan fingerprint density at radius 1 is 1.22 bits per heavy atom. The summed E-state index contributed by atoms with van der Waals surface area (Å²) < 4.78 is 12.1. The third-order valence-electron chi connectivity index (χ3n) is 3.79. The molecule has 0 N–H and O–H groups in total. The van der Waals surface area contributed by atoms with Crippen molar-refractivity contribution in [3.63, 3.8) is 0 Å². The molecule has 27 heavy (non-hydrogen) atoms. The maximum atomic E-state index is 12.4. The topological polar surface area (TPSA) is 57.5 Å². The second-order valence-corrected chi connectivity index (χ2v) is 7.81. The van der Waals surface area contributed by atoms with Crippen LogP contribution < -0.4 is 0 Å². The Bertz CT molecular complexity index is 907. The van der Waals surface area contributed by atoms with Crippen LogP contribution in [0.1, 0.15) is 39.0 Å². The average Bonchev–Trinajstić information content (AvgIpc) is 2.80. The zero-order valence-corrected chi connectivity index (χ0v) is 17.6. The van der Waals surface area contributed by atoms with E-state index in [9.17, 15) is 9.59 Å². The van der Waals surface area contributed by atoms with Gasteiger partial charge in [0.1, 0.15) is 12.1 Å². The van der Waals surface area contributed by atoms with Crippen LogP contribution in [0.2, 0.25) is 10.0 Å². The smallest absolute Gasteiger partial charge is 0.330 e. The first kappa shape index (κ1) is 21.3. The summed E-state index contributed by atoms with van der Waals surface area (Å²) in [5.41, 5.74) is 1.54. The highest BCUT2D eigenvalue weighted by molar-refractivity contribution is 6.45. The molecular weight excluding hydrogens is 389 g/mol. The summed E-state index contributed by atoms with van der Waals surface area (Å²) >= 11 is 12.6. The van der Waals surface area contributed by atoms with Crippen molar-refractivity contribution in [2.45, 2.75) is 46.8 Å². The lowest BCUT2D eigenvalue weighted by molar-refractivity contribution is -0.155. The minimum absolute atomic E-state index is 0.0653. The van der Waals surface area contributed by atoms with Gasteiger partial charge in [-0.2, -0.15) is 0 Å². The minimum Gasteiger partial charge on any atom is -0.463 e. The molecule has 0 aliphatic heterocycles. The summed E-state index contributed by atoms with van der Waals surface area (Å²) in [6.45, 7) is 9.25. The number of fused-ring (bicyclic) bond motifs is 1. The van der Waals surface area contributed by atoms with Gasteiger partial charge < -0.3 is 14.0 Å². The van der Waals surface area contributed by atoms with E-state index in [0.29, 0.717) is 21.3 Å². The lowest BCUT2D eigenvalue weighted by Crippen LogP contribution is -2.26. The Morgan fingerprint density at radius 3 is 2.48 bits per heavy atom. The molecule has 0 unspecified atom stereocenters. The molecule has 0 bridgehead atoms. The summed E-state index contributed by atoms with van der Waals surface area (Å²) in [7, 11) is 0. The highest BCUT2D eigenvalue weighted by Gasteiger charge is 2.22. The molecule has 0 atom stereocenters. The first-order chi connectivity index (χ1) is 12.5. The van der Waals surface area contributed by atoms with Crippen LogP contribution >= 0.6 is 23.2 Å². The number of nitrogens with zero attached hydrogens (tertiary/aromatic N) is 1. The number of hydrogen-bond acceptors (Lipinski definition) is 4. The molecule has 146 valence electrons. The third kappa shape index (κ3) is 5.05. The second-order valence-electron chi connectivity index (χ2n) is 7.03. The number of carbonyl (C=O) groups excluding carboxylic acids is 2. The van der Waals surface area contributed by atoms with Crippen LogP contribution in [0.4, 0.5) is 0 Å². The van der Waals surface area contributed by atoms with E-state index in [4.69, 9.17) is 32.7 Å². The first-order valence-corrected chi connectivity index (χ1v) is 9.34. The monoisotopic (exact) mass is 411 g/mol. The van der Waals surface area contributed by atoms with E-state index < -0.39 is 17.5 Å². The zero-order chi connectivity index (χ0) is 20.4. The molecule has 7 heteroatoms. The van der Waals surface area contributed by atoms with Crippen molar-refractivity contribution in [2.24, 2.45) is 0 Å². The molecule has 0 amide bonds. The van der Waals surface area contributed by atoms with Crippen molar-refractivity contribution in [1.29, 1.82) is 0 Å². The number of esters is 2. The molecule has 1 aromatic heterocycles. The Hall–Kier alpha value is -1.98. The molecule has 2 rings (SSSR count). The minimum atomic E-state index is -0.614. The lowest BCUT2D eigenvalue weighted by atomic mass is 10.1. The van der Waals surface area contributed by atoms with Gasteiger partial charge in [0.25, 0.3) is 0 Å². The van der Waals surface area contributed by atoms with Crippen LogP contribution in [-0.4, -0.2) is 28.7 Å². The van der Waals surface area contributed by atoms with Gasteiger partial charge >= 0.3 is 11.9 Å². The van der Waals surface area contributed by atoms with Gasteiger partial charge in [0.05, 0.1) is 22.2 Å². The van der Waals surface area contributed by atoms with Crippen molar-refractivity contribution in [2.75, 3.05) is 6.61 Å². The number of rotatable bonds is 5. The lowest BCUT2D eigenvalue weighted by Gasteiger charge is -2.20. The molecule has 0 saturated carbocycles. The van der Waals surface area contributed by atoms with Gasteiger partial charge in [-0.15, -0.1) is 0 Å². The second kappa shape index (κ2) is 8.36. The Kier molecular flexibility index (Phi) is 6.60. The summed E-state index contributed by atoms with van der Waals surface area (Å²) in [5.74, 6) is -0.878. The molecule has 1 aromatic carbocycles.